The lowest BCUT2D eigenvalue weighted by molar-refractivity contribution is -0.271. The number of aryl methyl sites for hydroxylation is 2. The van der Waals surface area contributed by atoms with Crippen LogP contribution >= 0.6 is 0 Å². The second-order valence-electron chi connectivity index (χ2n) is 10.2. The summed E-state index contributed by atoms with van der Waals surface area (Å²) < 4.78 is 73.0. The fourth-order valence-electron chi connectivity index (χ4n) is 4.08. The van der Waals surface area contributed by atoms with Crippen LogP contribution in [-0.4, -0.2) is 55.1 Å². The van der Waals surface area contributed by atoms with E-state index in [0.29, 0.717) is 35.8 Å². The topological polar surface area (TPSA) is 154 Å². The summed E-state index contributed by atoms with van der Waals surface area (Å²) in [5.41, 5.74) is 3.18. The van der Waals surface area contributed by atoms with E-state index in [1.165, 1.54) is 36.7 Å². The molecule has 4 aromatic carbocycles. The SMILES string of the molecule is Cc1ccc(S(=O)(=O)N/N=C\c2ccc(O[C@H]3OCCO[C@@H]3Oc3ccc(/C=N\NS(=O)(=O)c4ccc(C)cc4)cc3)cc2)cc1. The largest absolute Gasteiger partial charge is 0.458 e. The molecule has 12 nitrogen and oxygen atoms in total. The molecule has 0 aromatic heterocycles. The van der Waals surface area contributed by atoms with Gasteiger partial charge in [0, 0.05) is 0 Å². The molecule has 1 fully saturated rings. The van der Waals surface area contributed by atoms with Crippen LogP contribution in [0.2, 0.25) is 0 Å². The van der Waals surface area contributed by atoms with Crippen LogP contribution in [0, 0.1) is 13.8 Å². The van der Waals surface area contributed by atoms with Crippen molar-refractivity contribution in [2.45, 2.75) is 36.2 Å². The lowest BCUT2D eigenvalue weighted by atomic mass is 10.2. The number of ether oxygens (including phenoxy) is 4. The zero-order valence-electron chi connectivity index (χ0n) is 24.9. The fraction of sp³-hybridized carbons (Fsp3) is 0.188. The van der Waals surface area contributed by atoms with Crippen molar-refractivity contribution in [1.82, 2.24) is 9.66 Å². The third-order valence-corrected chi connectivity index (χ3v) is 9.05. The van der Waals surface area contributed by atoms with Crippen molar-refractivity contribution < 1.29 is 35.8 Å². The Bertz CT molecular complexity index is 1740. The van der Waals surface area contributed by atoms with E-state index < -0.39 is 32.6 Å². The van der Waals surface area contributed by atoms with Gasteiger partial charge in [-0.05, 0) is 97.8 Å². The molecule has 0 saturated carbocycles. The van der Waals surface area contributed by atoms with Gasteiger partial charge in [0.2, 0.25) is 0 Å². The van der Waals surface area contributed by atoms with Crippen molar-refractivity contribution >= 4 is 32.5 Å². The Morgan fingerprint density at radius 3 is 1.28 bits per heavy atom. The van der Waals surface area contributed by atoms with Gasteiger partial charge in [-0.1, -0.05) is 35.4 Å². The standard InChI is InChI=1S/C32H32N4O8S2/c1-23-3-15-29(16-4-23)45(37,38)35-33-21-25-7-11-27(12-8-25)43-31-32(42-20-19-41-31)44-28-13-9-26(10-14-28)22-34-36-46(39,40)30-17-5-24(2)6-18-30/h3-18,21-22,31-32,35-36H,19-20H2,1-2H3/b33-21-,34-22-/t31-,32-/m1/s1. The molecule has 1 heterocycles. The minimum atomic E-state index is -3.78. The van der Waals surface area contributed by atoms with Gasteiger partial charge in [0.05, 0.1) is 35.4 Å². The monoisotopic (exact) mass is 664 g/mol. The maximum atomic E-state index is 12.4. The highest BCUT2D eigenvalue weighted by Crippen LogP contribution is 2.22. The van der Waals surface area contributed by atoms with Gasteiger partial charge in [-0.25, -0.2) is 9.66 Å². The van der Waals surface area contributed by atoms with Gasteiger partial charge >= 0.3 is 0 Å². The molecule has 1 saturated heterocycles. The Labute approximate surface area is 267 Å². The number of sulfonamides is 2. The lowest BCUT2D eigenvalue weighted by Gasteiger charge is -2.31. The number of nitrogens with one attached hydrogen (secondary N) is 2. The molecule has 0 bridgehead atoms. The van der Waals surface area contributed by atoms with E-state index in [-0.39, 0.29) is 9.79 Å². The molecule has 240 valence electrons. The maximum Gasteiger partial charge on any atom is 0.276 e. The quantitative estimate of drug-likeness (QED) is 0.170. The van der Waals surface area contributed by atoms with Crippen LogP contribution in [0.3, 0.4) is 0 Å². The molecule has 5 rings (SSSR count). The second-order valence-corrected chi connectivity index (χ2v) is 13.5. The van der Waals surface area contributed by atoms with Gasteiger partial charge in [-0.2, -0.15) is 27.0 Å². The van der Waals surface area contributed by atoms with Crippen LogP contribution < -0.4 is 19.1 Å². The molecule has 14 heteroatoms. The van der Waals surface area contributed by atoms with Crippen LogP contribution in [0.4, 0.5) is 0 Å². The Balaban J connectivity index is 1.13. The van der Waals surface area contributed by atoms with E-state index in [1.807, 2.05) is 13.8 Å². The van der Waals surface area contributed by atoms with E-state index in [0.717, 1.165) is 11.1 Å². The summed E-state index contributed by atoms with van der Waals surface area (Å²) in [5, 5.41) is 7.72. The molecule has 1 aliphatic heterocycles. The zero-order chi connectivity index (χ0) is 32.6. The predicted octanol–water partition coefficient (Wildman–Crippen LogP) is 4.09. The lowest BCUT2D eigenvalue weighted by Crippen LogP contribution is -2.45. The highest BCUT2D eigenvalue weighted by molar-refractivity contribution is 7.89. The molecule has 2 N–H and O–H groups in total. The molecule has 0 radical (unpaired) electrons. The number of nitrogens with zero attached hydrogens (tertiary/aromatic N) is 2. The summed E-state index contributed by atoms with van der Waals surface area (Å²) in [6, 6.07) is 26.5. The number of benzene rings is 4. The zero-order valence-corrected chi connectivity index (χ0v) is 26.6. The number of hydrazone groups is 2. The third kappa shape index (κ3) is 8.91. The van der Waals surface area contributed by atoms with Crippen LogP contribution in [0.15, 0.2) is 117 Å². The Kier molecular flexibility index (Phi) is 10.3. The Hall–Kier alpha value is -4.76. The van der Waals surface area contributed by atoms with Crippen molar-refractivity contribution in [3.05, 3.63) is 119 Å². The predicted molar refractivity (Wildman–Crippen MR) is 172 cm³/mol. The molecule has 4 aromatic rings. The average Bonchev–Trinajstić information content (AvgIpc) is 3.04. The number of hydrogen-bond donors (Lipinski definition) is 2. The molecule has 46 heavy (non-hydrogen) atoms. The Morgan fingerprint density at radius 2 is 0.935 bits per heavy atom. The van der Waals surface area contributed by atoms with Crippen LogP contribution in [0.25, 0.3) is 0 Å². The van der Waals surface area contributed by atoms with Crippen molar-refractivity contribution in [3.8, 4) is 11.5 Å². The minimum Gasteiger partial charge on any atom is -0.458 e. The first kappa shape index (κ1) is 32.6. The maximum absolute atomic E-state index is 12.4. The fourth-order valence-corrected chi connectivity index (χ4v) is 5.66. The van der Waals surface area contributed by atoms with Gasteiger partial charge in [0.15, 0.2) is 0 Å². The molecule has 1 aliphatic rings. The van der Waals surface area contributed by atoms with E-state index in [2.05, 4.69) is 19.9 Å². The summed E-state index contributed by atoms with van der Waals surface area (Å²) in [6.07, 6.45) is 1.03. The molecule has 2 atom stereocenters. The van der Waals surface area contributed by atoms with Gasteiger partial charge in [0.1, 0.15) is 11.5 Å². The highest BCUT2D eigenvalue weighted by atomic mass is 32.2. The smallest absolute Gasteiger partial charge is 0.276 e. The summed E-state index contributed by atoms with van der Waals surface area (Å²) in [6.45, 7) is 4.37. The first-order chi connectivity index (χ1) is 22.1. The number of rotatable bonds is 12. The summed E-state index contributed by atoms with van der Waals surface area (Å²) in [4.78, 5) is 4.64. The van der Waals surface area contributed by atoms with Crippen LogP contribution in [0.5, 0.6) is 11.5 Å². The van der Waals surface area contributed by atoms with E-state index in [1.54, 1.807) is 72.8 Å². The summed E-state index contributed by atoms with van der Waals surface area (Å²) in [5.74, 6) is 0.947. The molecule has 0 amide bonds. The van der Waals surface area contributed by atoms with Crippen molar-refractivity contribution in [1.29, 1.82) is 0 Å². The first-order valence-electron chi connectivity index (χ1n) is 14.1. The van der Waals surface area contributed by atoms with Crippen molar-refractivity contribution in [2.24, 2.45) is 10.2 Å². The van der Waals surface area contributed by atoms with Gasteiger partial charge < -0.3 is 18.9 Å². The normalized spacial score (nSPS) is 17.2. The minimum absolute atomic E-state index is 0.120. The summed E-state index contributed by atoms with van der Waals surface area (Å²) >= 11 is 0. The molecular weight excluding hydrogens is 633 g/mol. The second kappa shape index (κ2) is 14.6. The third-order valence-electron chi connectivity index (χ3n) is 6.57. The Morgan fingerprint density at radius 1 is 0.587 bits per heavy atom. The van der Waals surface area contributed by atoms with E-state index in [4.69, 9.17) is 18.9 Å². The van der Waals surface area contributed by atoms with Gasteiger partial charge in [-0.3, -0.25) is 0 Å². The average molecular weight is 665 g/mol. The van der Waals surface area contributed by atoms with Gasteiger partial charge in [0.25, 0.3) is 32.6 Å². The van der Waals surface area contributed by atoms with Crippen molar-refractivity contribution in [2.75, 3.05) is 13.2 Å². The van der Waals surface area contributed by atoms with Gasteiger partial charge in [-0.15, -0.1) is 0 Å². The van der Waals surface area contributed by atoms with E-state index in [9.17, 15) is 16.8 Å². The first-order valence-corrected chi connectivity index (χ1v) is 17.0. The van der Waals surface area contributed by atoms with Crippen LogP contribution in [0.1, 0.15) is 22.3 Å². The molecule has 0 spiro atoms. The molecule has 0 unspecified atom stereocenters. The summed E-state index contributed by atoms with van der Waals surface area (Å²) in [7, 11) is -7.56. The van der Waals surface area contributed by atoms with Crippen LogP contribution in [-0.2, 0) is 29.5 Å². The molecule has 0 aliphatic carbocycles. The highest BCUT2D eigenvalue weighted by Gasteiger charge is 2.31. The molecular formula is C32H32N4O8S2. The van der Waals surface area contributed by atoms with Crippen molar-refractivity contribution in [3.63, 3.8) is 0 Å². The van der Waals surface area contributed by atoms with E-state index >= 15 is 0 Å². The number of hydrogen-bond acceptors (Lipinski definition) is 10.